The summed E-state index contributed by atoms with van der Waals surface area (Å²) in [5.74, 6) is 0.964. The number of benzene rings is 1. The second-order valence-electron chi connectivity index (χ2n) is 5.38. The average Bonchev–Trinajstić information content (AvgIpc) is 2.98. The van der Waals surface area contributed by atoms with Crippen molar-refractivity contribution in [3.05, 3.63) is 33.6 Å². The molecule has 2 aromatic heterocycles. The second-order valence-corrected chi connectivity index (χ2v) is 7.46. The summed E-state index contributed by atoms with van der Waals surface area (Å²) in [4.78, 5) is 6.13. The summed E-state index contributed by atoms with van der Waals surface area (Å²) in [6.45, 7) is 6.50. The molecule has 110 valence electrons. The third kappa shape index (κ3) is 2.49. The predicted octanol–water partition coefficient (Wildman–Crippen LogP) is 5.25. The normalized spacial score (nSPS) is 11.7. The molecule has 0 amide bonds. The van der Waals surface area contributed by atoms with Crippen LogP contribution in [0, 0.1) is 0 Å². The molecule has 2 N–H and O–H groups in total. The monoisotopic (exact) mass is 363 g/mol. The van der Waals surface area contributed by atoms with Gasteiger partial charge in [0.15, 0.2) is 0 Å². The maximum atomic E-state index is 6.23. The molecule has 0 saturated heterocycles. The summed E-state index contributed by atoms with van der Waals surface area (Å²) >= 11 is 5.18. The van der Waals surface area contributed by atoms with Gasteiger partial charge in [-0.15, -0.1) is 11.3 Å². The molecule has 0 bridgehead atoms. The maximum absolute atomic E-state index is 6.23. The Kier molecular flexibility index (Phi) is 3.80. The van der Waals surface area contributed by atoms with Crippen LogP contribution >= 0.6 is 27.3 Å². The van der Waals surface area contributed by atoms with E-state index < -0.39 is 0 Å². The number of rotatable bonds is 3. The van der Waals surface area contributed by atoms with Gasteiger partial charge in [0.25, 0.3) is 0 Å². The highest BCUT2D eigenvalue weighted by Crippen LogP contribution is 2.37. The van der Waals surface area contributed by atoms with Gasteiger partial charge in [0, 0.05) is 15.4 Å². The summed E-state index contributed by atoms with van der Waals surface area (Å²) in [5, 5.41) is 0.850. The first-order chi connectivity index (χ1) is 10.0. The van der Waals surface area contributed by atoms with E-state index in [1.807, 2.05) is 0 Å². The zero-order valence-electron chi connectivity index (χ0n) is 12.4. The van der Waals surface area contributed by atoms with Crippen LogP contribution in [0.1, 0.15) is 31.7 Å². The second kappa shape index (κ2) is 5.46. The minimum absolute atomic E-state index is 0.329. The number of nitrogen functional groups attached to an aromatic ring is 1. The number of nitrogens with zero attached hydrogens (tertiary/aromatic N) is 2. The Balaban J connectivity index is 2.30. The molecule has 0 fully saturated rings. The molecule has 21 heavy (non-hydrogen) atoms. The number of aryl methyl sites for hydroxylation is 1. The number of anilines is 1. The van der Waals surface area contributed by atoms with Crippen molar-refractivity contribution in [1.82, 2.24) is 9.55 Å². The van der Waals surface area contributed by atoms with E-state index in [4.69, 9.17) is 10.7 Å². The SMILES string of the molecule is CCc1cc(-c2nc3cc(Br)ccc3n2C(C)C)c(N)s1. The van der Waals surface area contributed by atoms with Crippen LogP contribution in [0.25, 0.3) is 22.4 Å². The molecule has 0 unspecified atom stereocenters. The summed E-state index contributed by atoms with van der Waals surface area (Å²) in [5.41, 5.74) is 9.42. The Morgan fingerprint density at radius 2 is 2.10 bits per heavy atom. The fraction of sp³-hybridized carbons (Fsp3) is 0.312. The smallest absolute Gasteiger partial charge is 0.144 e. The van der Waals surface area contributed by atoms with Crippen LogP contribution in [-0.4, -0.2) is 9.55 Å². The third-order valence-corrected chi connectivity index (χ3v) is 5.17. The summed E-state index contributed by atoms with van der Waals surface area (Å²) in [6.07, 6.45) is 1.00. The van der Waals surface area contributed by atoms with Crippen LogP contribution in [0.4, 0.5) is 5.00 Å². The van der Waals surface area contributed by atoms with E-state index in [2.05, 4.69) is 65.5 Å². The Morgan fingerprint density at radius 1 is 1.33 bits per heavy atom. The Labute approximate surface area is 136 Å². The van der Waals surface area contributed by atoms with Crippen LogP contribution in [0.2, 0.25) is 0 Å². The number of fused-ring (bicyclic) bond motifs is 1. The van der Waals surface area contributed by atoms with E-state index in [1.54, 1.807) is 11.3 Å². The van der Waals surface area contributed by atoms with Gasteiger partial charge in [-0.3, -0.25) is 0 Å². The molecule has 3 rings (SSSR count). The van der Waals surface area contributed by atoms with Crippen molar-refractivity contribution in [3.8, 4) is 11.4 Å². The lowest BCUT2D eigenvalue weighted by Crippen LogP contribution is -2.03. The van der Waals surface area contributed by atoms with E-state index >= 15 is 0 Å². The average molecular weight is 364 g/mol. The minimum Gasteiger partial charge on any atom is -0.390 e. The van der Waals surface area contributed by atoms with Gasteiger partial charge in [-0.2, -0.15) is 0 Å². The number of imidazole rings is 1. The fourth-order valence-corrected chi connectivity index (χ4v) is 3.80. The lowest BCUT2D eigenvalue weighted by atomic mass is 10.2. The van der Waals surface area contributed by atoms with E-state index in [1.165, 1.54) is 4.88 Å². The molecule has 0 radical (unpaired) electrons. The van der Waals surface area contributed by atoms with Gasteiger partial charge in [-0.25, -0.2) is 4.98 Å². The topological polar surface area (TPSA) is 43.8 Å². The molecular weight excluding hydrogens is 346 g/mol. The van der Waals surface area contributed by atoms with Crippen molar-refractivity contribution < 1.29 is 0 Å². The predicted molar refractivity (Wildman–Crippen MR) is 94.9 cm³/mol. The first-order valence-electron chi connectivity index (χ1n) is 7.07. The first kappa shape index (κ1) is 14.6. The Bertz CT molecular complexity index is 801. The van der Waals surface area contributed by atoms with Crippen LogP contribution in [0.5, 0.6) is 0 Å². The first-order valence-corrected chi connectivity index (χ1v) is 8.68. The number of aromatic nitrogens is 2. The number of hydrogen-bond donors (Lipinski definition) is 1. The van der Waals surface area contributed by atoms with Crippen molar-refractivity contribution in [2.24, 2.45) is 0 Å². The van der Waals surface area contributed by atoms with Gasteiger partial charge in [0.05, 0.1) is 21.6 Å². The third-order valence-electron chi connectivity index (χ3n) is 3.57. The zero-order chi connectivity index (χ0) is 15.1. The molecule has 0 atom stereocenters. The quantitative estimate of drug-likeness (QED) is 0.690. The molecule has 3 nitrogen and oxygen atoms in total. The molecule has 0 aliphatic rings. The van der Waals surface area contributed by atoms with Crippen LogP contribution in [-0.2, 0) is 6.42 Å². The van der Waals surface area contributed by atoms with E-state index in [-0.39, 0.29) is 0 Å². The Hall–Kier alpha value is -1.33. The van der Waals surface area contributed by atoms with Crippen molar-refractivity contribution in [3.63, 3.8) is 0 Å². The number of thiophene rings is 1. The summed E-state index contributed by atoms with van der Waals surface area (Å²) in [7, 11) is 0. The van der Waals surface area contributed by atoms with Gasteiger partial charge < -0.3 is 10.3 Å². The fourth-order valence-electron chi connectivity index (χ4n) is 2.59. The highest BCUT2D eigenvalue weighted by Gasteiger charge is 2.18. The van der Waals surface area contributed by atoms with Gasteiger partial charge >= 0.3 is 0 Å². The molecule has 3 aromatic rings. The van der Waals surface area contributed by atoms with E-state index in [0.29, 0.717) is 6.04 Å². The van der Waals surface area contributed by atoms with Gasteiger partial charge in [-0.05, 0) is 44.5 Å². The number of nitrogens with two attached hydrogens (primary N) is 1. The summed E-state index contributed by atoms with van der Waals surface area (Å²) in [6, 6.07) is 8.73. The maximum Gasteiger partial charge on any atom is 0.144 e. The summed E-state index contributed by atoms with van der Waals surface area (Å²) < 4.78 is 3.31. The molecule has 1 aromatic carbocycles. The minimum atomic E-state index is 0.329. The Morgan fingerprint density at radius 3 is 2.71 bits per heavy atom. The number of hydrogen-bond acceptors (Lipinski definition) is 3. The lowest BCUT2D eigenvalue weighted by molar-refractivity contribution is 0.624. The molecule has 2 heterocycles. The van der Waals surface area contributed by atoms with E-state index in [0.717, 1.165) is 38.3 Å². The molecule has 5 heteroatoms. The van der Waals surface area contributed by atoms with Gasteiger partial charge in [0.1, 0.15) is 5.82 Å². The molecule has 0 aliphatic heterocycles. The van der Waals surface area contributed by atoms with Crippen LogP contribution in [0.3, 0.4) is 0 Å². The standard InChI is InChI=1S/C16H18BrN3S/c1-4-11-8-12(15(18)21-11)16-19-13-7-10(17)5-6-14(13)20(16)9(2)3/h5-9H,4,18H2,1-3H3. The van der Waals surface area contributed by atoms with Gasteiger partial charge in [0.2, 0.25) is 0 Å². The highest BCUT2D eigenvalue weighted by atomic mass is 79.9. The molecule has 0 saturated carbocycles. The van der Waals surface area contributed by atoms with Crippen molar-refractivity contribution in [2.45, 2.75) is 33.2 Å². The van der Waals surface area contributed by atoms with Crippen LogP contribution in [0.15, 0.2) is 28.7 Å². The van der Waals surface area contributed by atoms with Crippen molar-refractivity contribution in [1.29, 1.82) is 0 Å². The van der Waals surface area contributed by atoms with Crippen LogP contribution < -0.4 is 5.73 Å². The zero-order valence-corrected chi connectivity index (χ0v) is 14.8. The lowest BCUT2D eigenvalue weighted by Gasteiger charge is -2.12. The molecule has 0 spiro atoms. The van der Waals surface area contributed by atoms with Crippen molar-refractivity contribution >= 4 is 43.3 Å². The largest absolute Gasteiger partial charge is 0.390 e. The highest BCUT2D eigenvalue weighted by molar-refractivity contribution is 9.10. The van der Waals surface area contributed by atoms with E-state index in [9.17, 15) is 0 Å². The molecule has 0 aliphatic carbocycles. The van der Waals surface area contributed by atoms with Crippen molar-refractivity contribution in [2.75, 3.05) is 5.73 Å². The number of halogens is 1. The van der Waals surface area contributed by atoms with Gasteiger partial charge in [-0.1, -0.05) is 22.9 Å². The molecular formula is C16H18BrN3S.